The van der Waals surface area contributed by atoms with Crippen molar-refractivity contribution < 1.29 is 9.47 Å². The van der Waals surface area contributed by atoms with Gasteiger partial charge in [-0.15, -0.1) is 0 Å². The van der Waals surface area contributed by atoms with Crippen molar-refractivity contribution in [1.29, 1.82) is 0 Å². The molecule has 2 atom stereocenters. The predicted molar refractivity (Wildman–Crippen MR) is 110 cm³/mol. The minimum absolute atomic E-state index is 0.438. The molecule has 0 aliphatic carbocycles. The molecule has 0 radical (unpaired) electrons. The topological polar surface area (TPSA) is 21.7 Å². The van der Waals surface area contributed by atoms with Crippen LogP contribution in [0.25, 0.3) is 0 Å². The lowest BCUT2D eigenvalue weighted by atomic mass is 9.84. The van der Waals surface area contributed by atoms with E-state index in [0.29, 0.717) is 11.8 Å². The molecule has 0 amide bonds. The second-order valence-corrected chi connectivity index (χ2v) is 6.79. The average Bonchev–Trinajstić information content (AvgIpc) is 2.70. The quantitative estimate of drug-likeness (QED) is 0.575. The molecule has 0 aliphatic rings. The van der Waals surface area contributed by atoms with Crippen molar-refractivity contribution in [3.8, 4) is 11.5 Å². The summed E-state index contributed by atoms with van der Waals surface area (Å²) in [5.41, 5.74) is 2.67. The maximum atomic E-state index is 5.89. The molecule has 3 heteroatoms. The second-order valence-electron chi connectivity index (χ2n) is 6.79. The summed E-state index contributed by atoms with van der Waals surface area (Å²) < 4.78 is 11.1. The van der Waals surface area contributed by atoms with Gasteiger partial charge < -0.3 is 14.4 Å². The number of benzene rings is 2. The summed E-state index contributed by atoms with van der Waals surface area (Å²) in [5.74, 6) is 2.73. The number of likely N-dealkylation sites (N-methyl/N-ethyl adjacent to an activating group) is 1. The molecular weight excluding hydrogens is 322 g/mol. The van der Waals surface area contributed by atoms with Crippen molar-refractivity contribution >= 4 is 0 Å². The van der Waals surface area contributed by atoms with E-state index in [1.54, 1.807) is 7.11 Å². The molecule has 0 heterocycles. The first kappa shape index (κ1) is 20.3. The van der Waals surface area contributed by atoms with E-state index >= 15 is 0 Å². The van der Waals surface area contributed by atoms with Gasteiger partial charge in [0.1, 0.15) is 18.1 Å². The highest BCUT2D eigenvalue weighted by Crippen LogP contribution is 2.33. The molecule has 26 heavy (non-hydrogen) atoms. The predicted octanol–water partition coefficient (Wildman–Crippen LogP) is 5.32. The SMILES string of the molecule is CCN(CC)CCOc1ccc([C@H](C)[C@@H](C)c2ccc(OC)cc2)cc1. The van der Waals surface area contributed by atoms with Crippen LogP contribution >= 0.6 is 0 Å². The molecule has 2 aromatic carbocycles. The Morgan fingerprint density at radius 1 is 0.769 bits per heavy atom. The van der Waals surface area contributed by atoms with E-state index in [9.17, 15) is 0 Å². The van der Waals surface area contributed by atoms with E-state index < -0.39 is 0 Å². The van der Waals surface area contributed by atoms with Crippen molar-refractivity contribution in [2.75, 3.05) is 33.4 Å². The van der Waals surface area contributed by atoms with Crippen molar-refractivity contribution in [2.45, 2.75) is 39.5 Å². The third-order valence-corrected chi connectivity index (χ3v) is 5.37. The number of hydrogen-bond donors (Lipinski definition) is 0. The van der Waals surface area contributed by atoms with E-state index in [4.69, 9.17) is 9.47 Å². The molecule has 0 aromatic heterocycles. The summed E-state index contributed by atoms with van der Waals surface area (Å²) in [4.78, 5) is 2.37. The Labute approximate surface area is 158 Å². The summed E-state index contributed by atoms with van der Waals surface area (Å²) in [6.07, 6.45) is 0. The van der Waals surface area contributed by atoms with Crippen LogP contribution in [0.1, 0.15) is 50.7 Å². The van der Waals surface area contributed by atoms with E-state index in [2.05, 4.69) is 69.0 Å². The van der Waals surface area contributed by atoms with Crippen LogP contribution in [-0.4, -0.2) is 38.3 Å². The third-order valence-electron chi connectivity index (χ3n) is 5.37. The lowest BCUT2D eigenvalue weighted by molar-refractivity contribution is 0.223. The molecule has 2 rings (SSSR count). The molecular formula is C23H33NO2. The van der Waals surface area contributed by atoms with Gasteiger partial charge in [-0.1, -0.05) is 52.0 Å². The molecule has 142 valence electrons. The molecule has 0 aliphatic heterocycles. The van der Waals surface area contributed by atoms with Crippen LogP contribution in [0, 0.1) is 0 Å². The maximum absolute atomic E-state index is 5.89. The smallest absolute Gasteiger partial charge is 0.119 e. The normalized spacial score (nSPS) is 13.5. The van der Waals surface area contributed by atoms with Gasteiger partial charge in [-0.3, -0.25) is 0 Å². The van der Waals surface area contributed by atoms with Gasteiger partial charge in [0.25, 0.3) is 0 Å². The Hall–Kier alpha value is -2.00. The van der Waals surface area contributed by atoms with Crippen LogP contribution in [0.4, 0.5) is 0 Å². The standard InChI is InChI=1S/C23H33NO2/c1-6-24(7-2)16-17-26-23-14-10-21(11-15-23)19(4)18(3)20-8-12-22(25-5)13-9-20/h8-15,18-19H,6-7,16-17H2,1-5H3/t18-,19-/m1/s1. The van der Waals surface area contributed by atoms with Crippen LogP contribution in [0.2, 0.25) is 0 Å². The van der Waals surface area contributed by atoms with Gasteiger partial charge in [-0.2, -0.15) is 0 Å². The largest absolute Gasteiger partial charge is 0.497 e. The third kappa shape index (κ3) is 5.50. The van der Waals surface area contributed by atoms with Gasteiger partial charge >= 0.3 is 0 Å². The van der Waals surface area contributed by atoms with Gasteiger partial charge in [0.2, 0.25) is 0 Å². The lowest BCUT2D eigenvalue weighted by Crippen LogP contribution is -2.27. The van der Waals surface area contributed by atoms with E-state index in [1.165, 1.54) is 11.1 Å². The minimum atomic E-state index is 0.438. The van der Waals surface area contributed by atoms with Crippen LogP contribution < -0.4 is 9.47 Å². The monoisotopic (exact) mass is 355 g/mol. The Morgan fingerprint density at radius 3 is 1.65 bits per heavy atom. The van der Waals surface area contributed by atoms with Crippen LogP contribution in [0.15, 0.2) is 48.5 Å². The Bertz CT molecular complexity index is 632. The summed E-state index contributed by atoms with van der Waals surface area (Å²) in [6.45, 7) is 12.8. The summed E-state index contributed by atoms with van der Waals surface area (Å²) in [6, 6.07) is 16.9. The van der Waals surface area contributed by atoms with Crippen LogP contribution in [0.3, 0.4) is 0 Å². The second kappa shape index (κ2) is 10.2. The number of hydrogen-bond acceptors (Lipinski definition) is 3. The summed E-state index contributed by atoms with van der Waals surface area (Å²) in [5, 5.41) is 0. The summed E-state index contributed by atoms with van der Waals surface area (Å²) >= 11 is 0. The van der Waals surface area contributed by atoms with Crippen LogP contribution in [-0.2, 0) is 0 Å². The van der Waals surface area contributed by atoms with Gasteiger partial charge in [-0.05, 0) is 60.3 Å². The first-order valence-corrected chi connectivity index (χ1v) is 9.68. The molecule has 0 unspecified atom stereocenters. The first-order valence-electron chi connectivity index (χ1n) is 9.68. The maximum Gasteiger partial charge on any atom is 0.119 e. The fourth-order valence-corrected chi connectivity index (χ4v) is 3.18. The number of methoxy groups -OCH3 is 1. The molecule has 0 saturated heterocycles. The van der Waals surface area contributed by atoms with Gasteiger partial charge in [-0.25, -0.2) is 0 Å². The van der Waals surface area contributed by atoms with E-state index in [-0.39, 0.29) is 0 Å². The first-order chi connectivity index (χ1) is 12.6. The highest BCUT2D eigenvalue weighted by molar-refractivity contribution is 5.34. The highest BCUT2D eigenvalue weighted by Gasteiger charge is 2.16. The zero-order valence-corrected chi connectivity index (χ0v) is 16.9. The zero-order valence-electron chi connectivity index (χ0n) is 16.9. The molecule has 0 N–H and O–H groups in total. The van der Waals surface area contributed by atoms with E-state index in [1.807, 2.05) is 12.1 Å². The zero-order chi connectivity index (χ0) is 18.9. The van der Waals surface area contributed by atoms with E-state index in [0.717, 1.165) is 37.7 Å². The van der Waals surface area contributed by atoms with Crippen LogP contribution in [0.5, 0.6) is 11.5 Å². The number of ether oxygens (including phenoxy) is 2. The van der Waals surface area contributed by atoms with Crippen molar-refractivity contribution in [1.82, 2.24) is 4.90 Å². The van der Waals surface area contributed by atoms with Gasteiger partial charge in [0, 0.05) is 6.54 Å². The molecule has 0 fully saturated rings. The molecule has 2 aromatic rings. The lowest BCUT2D eigenvalue weighted by Gasteiger charge is -2.22. The van der Waals surface area contributed by atoms with Crippen molar-refractivity contribution in [3.63, 3.8) is 0 Å². The Morgan fingerprint density at radius 2 is 1.23 bits per heavy atom. The molecule has 0 bridgehead atoms. The van der Waals surface area contributed by atoms with Crippen molar-refractivity contribution in [3.05, 3.63) is 59.7 Å². The Balaban J connectivity index is 1.93. The van der Waals surface area contributed by atoms with Crippen molar-refractivity contribution in [2.24, 2.45) is 0 Å². The Kier molecular flexibility index (Phi) is 7.99. The fraction of sp³-hybridized carbons (Fsp3) is 0.478. The molecule has 3 nitrogen and oxygen atoms in total. The average molecular weight is 356 g/mol. The van der Waals surface area contributed by atoms with Gasteiger partial charge in [0.15, 0.2) is 0 Å². The number of rotatable bonds is 10. The fourth-order valence-electron chi connectivity index (χ4n) is 3.18. The number of nitrogens with zero attached hydrogens (tertiary/aromatic N) is 1. The summed E-state index contributed by atoms with van der Waals surface area (Å²) in [7, 11) is 1.70. The minimum Gasteiger partial charge on any atom is -0.497 e. The molecule has 0 saturated carbocycles. The molecule has 0 spiro atoms. The highest BCUT2D eigenvalue weighted by atomic mass is 16.5. The van der Waals surface area contributed by atoms with Gasteiger partial charge in [0.05, 0.1) is 7.11 Å².